The van der Waals surface area contributed by atoms with Crippen molar-refractivity contribution in [2.45, 2.75) is 19.4 Å². The summed E-state index contributed by atoms with van der Waals surface area (Å²) in [7, 11) is 3.18. The second-order valence-corrected chi connectivity index (χ2v) is 9.03. The summed E-state index contributed by atoms with van der Waals surface area (Å²) in [6.45, 7) is 2.05. The Hall–Kier alpha value is -4.37. The zero-order valence-electron chi connectivity index (χ0n) is 21.4. The zero-order chi connectivity index (χ0) is 26.3. The van der Waals surface area contributed by atoms with E-state index >= 15 is 0 Å². The van der Waals surface area contributed by atoms with Crippen molar-refractivity contribution in [1.29, 1.82) is 0 Å². The van der Waals surface area contributed by atoms with Crippen molar-refractivity contribution in [3.05, 3.63) is 78.7 Å². The number of hydrogen-bond donors (Lipinski definition) is 1. The van der Waals surface area contributed by atoms with Gasteiger partial charge in [0.1, 0.15) is 5.75 Å². The molecule has 1 aromatic heterocycles. The number of carbonyl (C=O) groups is 1. The molecule has 4 aromatic rings. The smallest absolute Gasteiger partial charge is 0.241 e. The Kier molecular flexibility index (Phi) is 7.84. The van der Waals surface area contributed by atoms with E-state index in [1.54, 1.807) is 14.2 Å². The van der Waals surface area contributed by atoms with Gasteiger partial charge in [0.05, 0.1) is 26.5 Å². The van der Waals surface area contributed by atoms with Gasteiger partial charge in [0.15, 0.2) is 17.2 Å². The van der Waals surface area contributed by atoms with Gasteiger partial charge in [-0.05, 0) is 68.4 Å². The number of rotatable bonds is 9. The lowest BCUT2D eigenvalue weighted by atomic mass is 9.96. The quantitative estimate of drug-likeness (QED) is 0.317. The van der Waals surface area contributed by atoms with Gasteiger partial charge in [-0.15, -0.1) is 0 Å². The van der Waals surface area contributed by atoms with Crippen molar-refractivity contribution in [2.75, 3.05) is 32.6 Å². The van der Waals surface area contributed by atoms with Crippen LogP contribution >= 0.6 is 0 Å². The van der Waals surface area contributed by atoms with Crippen LogP contribution in [0.2, 0.25) is 0 Å². The topological polar surface area (TPSA) is 99.0 Å². The molecule has 9 nitrogen and oxygen atoms in total. The molecule has 1 fully saturated rings. The number of ether oxygens (including phenoxy) is 3. The van der Waals surface area contributed by atoms with Gasteiger partial charge in [-0.1, -0.05) is 35.5 Å². The number of methoxy groups -OCH3 is 2. The van der Waals surface area contributed by atoms with E-state index in [0.29, 0.717) is 41.2 Å². The molecule has 1 aliphatic rings. The molecule has 1 saturated heterocycles. The highest BCUT2D eigenvalue weighted by atomic mass is 16.5. The second kappa shape index (κ2) is 11.8. The molecule has 1 aliphatic heterocycles. The summed E-state index contributed by atoms with van der Waals surface area (Å²) in [6, 6.07) is 22.5. The lowest BCUT2D eigenvalue weighted by molar-refractivity contribution is -0.121. The van der Waals surface area contributed by atoms with Crippen LogP contribution in [0.15, 0.2) is 77.3 Å². The predicted molar refractivity (Wildman–Crippen MR) is 142 cm³/mol. The maximum Gasteiger partial charge on any atom is 0.241 e. The summed E-state index contributed by atoms with van der Waals surface area (Å²) in [5.41, 5.74) is 1.45. The number of nitrogens with zero attached hydrogens (tertiary/aromatic N) is 3. The number of benzene rings is 3. The first kappa shape index (κ1) is 25.3. The molecule has 0 atom stereocenters. The van der Waals surface area contributed by atoms with E-state index in [9.17, 15) is 4.79 Å². The van der Waals surface area contributed by atoms with Crippen molar-refractivity contribution in [2.24, 2.45) is 5.92 Å². The van der Waals surface area contributed by atoms with Crippen molar-refractivity contribution < 1.29 is 23.5 Å². The summed E-state index contributed by atoms with van der Waals surface area (Å²) in [4.78, 5) is 19.8. The van der Waals surface area contributed by atoms with Gasteiger partial charge in [0.25, 0.3) is 0 Å². The fraction of sp³-hybridized carbons (Fsp3) is 0.276. The highest BCUT2D eigenvalue weighted by molar-refractivity contribution is 5.94. The lowest BCUT2D eigenvalue weighted by Crippen LogP contribution is -2.37. The molecule has 9 heteroatoms. The highest BCUT2D eigenvalue weighted by Crippen LogP contribution is 2.32. The first-order chi connectivity index (χ1) is 18.6. The van der Waals surface area contributed by atoms with Gasteiger partial charge in [-0.25, -0.2) is 0 Å². The Balaban J connectivity index is 1.15. The molecule has 0 bridgehead atoms. The molecule has 5 rings (SSSR count). The molecule has 0 radical (unpaired) electrons. The summed E-state index contributed by atoms with van der Waals surface area (Å²) in [5, 5.41) is 7.19. The third-order valence-electron chi connectivity index (χ3n) is 6.54. The Labute approximate surface area is 221 Å². The van der Waals surface area contributed by atoms with Crippen LogP contribution in [0, 0.1) is 5.92 Å². The summed E-state index contributed by atoms with van der Waals surface area (Å²) in [5.74, 6) is 3.52. The minimum atomic E-state index is -0.0824. The van der Waals surface area contributed by atoms with Crippen molar-refractivity contribution in [3.63, 3.8) is 0 Å². The largest absolute Gasteiger partial charge is 0.493 e. The molecular weight excluding hydrogens is 484 g/mol. The zero-order valence-corrected chi connectivity index (χ0v) is 21.4. The highest BCUT2D eigenvalue weighted by Gasteiger charge is 2.27. The lowest BCUT2D eigenvalue weighted by Gasteiger charge is -2.30. The third-order valence-corrected chi connectivity index (χ3v) is 6.54. The number of piperidine rings is 1. The first-order valence-electron chi connectivity index (χ1n) is 12.5. The molecule has 0 aliphatic carbocycles. The molecule has 0 saturated carbocycles. The van der Waals surface area contributed by atoms with E-state index in [1.807, 2.05) is 72.8 Å². The maximum absolute atomic E-state index is 13.1. The normalized spacial score (nSPS) is 14.2. The van der Waals surface area contributed by atoms with Crippen LogP contribution < -0.4 is 19.5 Å². The van der Waals surface area contributed by atoms with Gasteiger partial charge in [-0.2, -0.15) is 4.98 Å². The molecule has 3 aromatic carbocycles. The van der Waals surface area contributed by atoms with Gasteiger partial charge >= 0.3 is 0 Å². The first-order valence-corrected chi connectivity index (χ1v) is 12.5. The minimum absolute atomic E-state index is 0.00212. The molecule has 0 unspecified atom stereocenters. The van der Waals surface area contributed by atoms with Crippen LogP contribution in [0.4, 0.5) is 5.69 Å². The molecule has 1 amide bonds. The van der Waals surface area contributed by atoms with Crippen molar-refractivity contribution in [3.8, 4) is 34.4 Å². The average molecular weight is 515 g/mol. The van der Waals surface area contributed by atoms with E-state index in [-0.39, 0.29) is 11.8 Å². The van der Waals surface area contributed by atoms with E-state index in [2.05, 4.69) is 20.4 Å². The molecule has 38 heavy (non-hydrogen) atoms. The van der Waals surface area contributed by atoms with Gasteiger partial charge in [-0.3, -0.25) is 9.69 Å². The van der Waals surface area contributed by atoms with Crippen molar-refractivity contribution in [1.82, 2.24) is 15.0 Å². The van der Waals surface area contributed by atoms with Gasteiger partial charge < -0.3 is 24.1 Å². The average Bonchev–Trinajstić information content (AvgIpc) is 3.43. The standard InChI is InChI=1S/C29H30N4O5/c1-35-25-13-12-21(18-26(25)36-2)28-31-27(38-32-28)19-33-16-14-20(15-17-33)29(34)30-23-10-6-7-11-24(23)37-22-8-4-3-5-9-22/h3-13,18,20H,14-17,19H2,1-2H3,(H,30,34). The Morgan fingerprint density at radius 1 is 0.947 bits per heavy atom. The number of aromatic nitrogens is 2. The van der Waals surface area contributed by atoms with Crippen LogP contribution in [0.5, 0.6) is 23.0 Å². The molecule has 0 spiro atoms. The Morgan fingerprint density at radius 2 is 1.68 bits per heavy atom. The van der Waals surface area contributed by atoms with E-state index in [1.165, 1.54) is 0 Å². The summed E-state index contributed by atoms with van der Waals surface area (Å²) >= 11 is 0. The number of carbonyl (C=O) groups excluding carboxylic acids is 1. The van der Waals surface area contributed by atoms with Gasteiger partial charge in [0, 0.05) is 11.5 Å². The Morgan fingerprint density at radius 3 is 2.45 bits per heavy atom. The minimum Gasteiger partial charge on any atom is -0.493 e. The monoisotopic (exact) mass is 514 g/mol. The van der Waals surface area contributed by atoms with Crippen molar-refractivity contribution >= 4 is 11.6 Å². The predicted octanol–water partition coefficient (Wildman–Crippen LogP) is 5.40. The molecular formula is C29H30N4O5. The SMILES string of the molecule is COc1ccc(-c2noc(CN3CCC(C(=O)Nc4ccccc4Oc4ccccc4)CC3)n2)cc1OC. The maximum atomic E-state index is 13.1. The summed E-state index contributed by atoms with van der Waals surface area (Å²) in [6.07, 6.45) is 1.48. The molecule has 1 N–H and O–H groups in total. The van der Waals surface area contributed by atoms with Crippen LogP contribution in [0.1, 0.15) is 18.7 Å². The van der Waals surface area contributed by atoms with Crippen LogP contribution in [-0.2, 0) is 11.3 Å². The number of likely N-dealkylation sites (tertiary alicyclic amines) is 1. The Bertz CT molecular complexity index is 1370. The third kappa shape index (κ3) is 5.95. The number of hydrogen-bond acceptors (Lipinski definition) is 8. The fourth-order valence-electron chi connectivity index (χ4n) is 4.47. The van der Waals surface area contributed by atoms with E-state index in [0.717, 1.165) is 37.2 Å². The number of anilines is 1. The number of amides is 1. The molecule has 2 heterocycles. The van der Waals surface area contributed by atoms with E-state index in [4.69, 9.17) is 18.7 Å². The van der Waals surface area contributed by atoms with Crippen LogP contribution in [0.3, 0.4) is 0 Å². The summed E-state index contributed by atoms with van der Waals surface area (Å²) < 4.78 is 22.1. The van der Waals surface area contributed by atoms with Crippen LogP contribution in [0.25, 0.3) is 11.4 Å². The van der Waals surface area contributed by atoms with Gasteiger partial charge in [0.2, 0.25) is 17.6 Å². The number of nitrogens with one attached hydrogen (secondary N) is 1. The fourth-order valence-corrected chi connectivity index (χ4v) is 4.47. The number of para-hydroxylation sites is 3. The second-order valence-electron chi connectivity index (χ2n) is 9.03. The van der Waals surface area contributed by atoms with Crippen LogP contribution in [-0.4, -0.2) is 48.3 Å². The molecule has 196 valence electrons. The van der Waals surface area contributed by atoms with E-state index < -0.39 is 0 Å².